The van der Waals surface area contributed by atoms with Crippen molar-refractivity contribution in [3.05, 3.63) is 35.9 Å². The van der Waals surface area contributed by atoms with E-state index in [4.69, 9.17) is 5.73 Å². The Morgan fingerprint density at radius 2 is 1.93 bits per heavy atom. The molecule has 0 saturated carbocycles. The summed E-state index contributed by atoms with van der Waals surface area (Å²) >= 11 is 0. The Balaban J connectivity index is 2.76. The minimum absolute atomic E-state index is 0.0465. The Bertz CT molecular complexity index is 294. The van der Waals surface area contributed by atoms with Crippen molar-refractivity contribution >= 4 is 5.78 Å². The fourth-order valence-corrected chi connectivity index (χ4v) is 1.33. The summed E-state index contributed by atoms with van der Waals surface area (Å²) in [5.74, 6) is 0.170. The minimum Gasteiger partial charge on any atom is -0.318 e. The molecule has 0 saturated heterocycles. The van der Waals surface area contributed by atoms with Gasteiger partial charge >= 0.3 is 0 Å². The standard InChI is InChI=1S/C12H17NO/c1-3-9(2)12(14)11(13)10-7-5-4-6-8-10/h4-9,11H,3,13H2,1-2H3/t9?,11-/m1/s1. The molecule has 1 aromatic rings. The highest BCUT2D eigenvalue weighted by atomic mass is 16.1. The highest BCUT2D eigenvalue weighted by molar-refractivity contribution is 5.86. The average molecular weight is 191 g/mol. The smallest absolute Gasteiger partial charge is 0.156 e. The molecule has 1 unspecified atom stereocenters. The summed E-state index contributed by atoms with van der Waals surface area (Å²) < 4.78 is 0. The van der Waals surface area contributed by atoms with Gasteiger partial charge in [-0.1, -0.05) is 44.2 Å². The van der Waals surface area contributed by atoms with Gasteiger partial charge in [0.25, 0.3) is 0 Å². The molecule has 0 aliphatic heterocycles. The molecular weight excluding hydrogens is 174 g/mol. The molecule has 0 aliphatic carbocycles. The Labute approximate surface area is 85.1 Å². The highest BCUT2D eigenvalue weighted by Crippen LogP contribution is 2.16. The van der Waals surface area contributed by atoms with Crippen molar-refractivity contribution in [3.63, 3.8) is 0 Å². The van der Waals surface area contributed by atoms with Gasteiger partial charge in [-0.05, 0) is 12.0 Å². The van der Waals surface area contributed by atoms with Gasteiger partial charge in [0.2, 0.25) is 0 Å². The first-order valence-electron chi connectivity index (χ1n) is 5.01. The summed E-state index contributed by atoms with van der Waals surface area (Å²) in [6.07, 6.45) is 0.847. The van der Waals surface area contributed by atoms with Crippen molar-refractivity contribution in [1.29, 1.82) is 0 Å². The van der Waals surface area contributed by atoms with Crippen LogP contribution in [0, 0.1) is 5.92 Å². The SMILES string of the molecule is CCC(C)C(=O)[C@H](N)c1ccccc1. The van der Waals surface area contributed by atoms with E-state index in [0.717, 1.165) is 12.0 Å². The van der Waals surface area contributed by atoms with E-state index >= 15 is 0 Å². The van der Waals surface area contributed by atoms with Gasteiger partial charge in [-0.25, -0.2) is 0 Å². The van der Waals surface area contributed by atoms with E-state index in [0.29, 0.717) is 0 Å². The summed E-state index contributed by atoms with van der Waals surface area (Å²) in [5.41, 5.74) is 6.77. The van der Waals surface area contributed by atoms with E-state index in [2.05, 4.69) is 0 Å². The number of carbonyl (C=O) groups excluding carboxylic acids is 1. The number of benzene rings is 1. The van der Waals surface area contributed by atoms with Crippen LogP contribution in [0.2, 0.25) is 0 Å². The third kappa shape index (κ3) is 2.42. The molecule has 1 rings (SSSR count). The topological polar surface area (TPSA) is 43.1 Å². The minimum atomic E-state index is -0.467. The highest BCUT2D eigenvalue weighted by Gasteiger charge is 2.19. The van der Waals surface area contributed by atoms with E-state index in [1.165, 1.54) is 0 Å². The maximum Gasteiger partial charge on any atom is 0.156 e. The Morgan fingerprint density at radius 3 is 2.43 bits per heavy atom. The molecule has 2 nitrogen and oxygen atoms in total. The van der Waals surface area contributed by atoms with Crippen LogP contribution in [-0.4, -0.2) is 5.78 Å². The average Bonchev–Trinajstić information content (AvgIpc) is 2.27. The van der Waals surface area contributed by atoms with Gasteiger partial charge in [-0.3, -0.25) is 4.79 Å². The van der Waals surface area contributed by atoms with Crippen LogP contribution < -0.4 is 5.73 Å². The Hall–Kier alpha value is -1.15. The van der Waals surface area contributed by atoms with Crippen molar-refractivity contribution < 1.29 is 4.79 Å². The third-order valence-corrected chi connectivity index (χ3v) is 2.56. The third-order valence-electron chi connectivity index (χ3n) is 2.56. The molecule has 2 atom stereocenters. The maximum atomic E-state index is 11.7. The lowest BCUT2D eigenvalue weighted by Gasteiger charge is -2.14. The van der Waals surface area contributed by atoms with Crippen LogP contribution in [0.15, 0.2) is 30.3 Å². The monoisotopic (exact) mass is 191 g/mol. The summed E-state index contributed by atoms with van der Waals surface area (Å²) in [7, 11) is 0. The summed E-state index contributed by atoms with van der Waals surface area (Å²) in [5, 5.41) is 0. The molecule has 0 amide bonds. The number of ketones is 1. The molecule has 76 valence electrons. The largest absolute Gasteiger partial charge is 0.318 e. The fourth-order valence-electron chi connectivity index (χ4n) is 1.33. The van der Waals surface area contributed by atoms with Crippen LogP contribution in [0.3, 0.4) is 0 Å². The van der Waals surface area contributed by atoms with Crippen LogP contribution in [0.5, 0.6) is 0 Å². The molecule has 0 heterocycles. The first-order valence-corrected chi connectivity index (χ1v) is 5.01. The molecule has 14 heavy (non-hydrogen) atoms. The predicted molar refractivity (Wildman–Crippen MR) is 57.8 cm³/mol. The van der Waals surface area contributed by atoms with E-state index in [9.17, 15) is 4.79 Å². The van der Waals surface area contributed by atoms with Crippen LogP contribution in [0.1, 0.15) is 31.9 Å². The number of hydrogen-bond acceptors (Lipinski definition) is 2. The van der Waals surface area contributed by atoms with Gasteiger partial charge in [-0.15, -0.1) is 0 Å². The fraction of sp³-hybridized carbons (Fsp3) is 0.417. The van der Waals surface area contributed by atoms with Gasteiger partial charge < -0.3 is 5.73 Å². The zero-order chi connectivity index (χ0) is 10.6. The van der Waals surface area contributed by atoms with E-state index < -0.39 is 6.04 Å². The van der Waals surface area contributed by atoms with E-state index in [1.54, 1.807) is 0 Å². The first kappa shape index (κ1) is 10.9. The quantitative estimate of drug-likeness (QED) is 0.793. The summed E-state index contributed by atoms with van der Waals surface area (Å²) in [6, 6.07) is 9.05. The van der Waals surface area contributed by atoms with Gasteiger partial charge in [0, 0.05) is 5.92 Å². The molecular formula is C12H17NO. The molecule has 1 aromatic carbocycles. The van der Waals surface area contributed by atoms with Crippen molar-refractivity contribution in [2.45, 2.75) is 26.3 Å². The molecule has 0 radical (unpaired) electrons. The van der Waals surface area contributed by atoms with E-state index in [-0.39, 0.29) is 11.7 Å². The maximum absolute atomic E-state index is 11.7. The number of Topliss-reactive ketones (excluding diaryl/α,β-unsaturated/α-hetero) is 1. The number of hydrogen-bond donors (Lipinski definition) is 1. The van der Waals surface area contributed by atoms with Crippen LogP contribution in [-0.2, 0) is 4.79 Å². The molecule has 0 aliphatic rings. The lowest BCUT2D eigenvalue weighted by atomic mass is 9.93. The van der Waals surface area contributed by atoms with Crippen LogP contribution in [0.4, 0.5) is 0 Å². The Morgan fingerprint density at radius 1 is 1.36 bits per heavy atom. The normalized spacial score (nSPS) is 14.8. The molecule has 2 N–H and O–H groups in total. The van der Waals surface area contributed by atoms with Crippen molar-refractivity contribution in [2.24, 2.45) is 11.7 Å². The lowest BCUT2D eigenvalue weighted by molar-refractivity contribution is -0.123. The van der Waals surface area contributed by atoms with E-state index in [1.807, 2.05) is 44.2 Å². The number of nitrogens with two attached hydrogens (primary N) is 1. The van der Waals surface area contributed by atoms with Gasteiger partial charge in [0.15, 0.2) is 5.78 Å². The second-order valence-electron chi connectivity index (χ2n) is 3.60. The van der Waals surface area contributed by atoms with Gasteiger partial charge in [0.05, 0.1) is 6.04 Å². The first-order chi connectivity index (χ1) is 6.66. The molecule has 0 aromatic heterocycles. The molecule has 0 spiro atoms. The predicted octanol–water partition coefficient (Wildman–Crippen LogP) is 2.30. The van der Waals surface area contributed by atoms with Gasteiger partial charge in [-0.2, -0.15) is 0 Å². The Kier molecular flexibility index (Phi) is 3.84. The number of rotatable bonds is 4. The second-order valence-corrected chi connectivity index (χ2v) is 3.60. The van der Waals surface area contributed by atoms with Crippen LogP contribution in [0.25, 0.3) is 0 Å². The van der Waals surface area contributed by atoms with Crippen molar-refractivity contribution in [1.82, 2.24) is 0 Å². The lowest BCUT2D eigenvalue weighted by Crippen LogP contribution is -2.26. The van der Waals surface area contributed by atoms with Crippen molar-refractivity contribution in [2.75, 3.05) is 0 Å². The van der Waals surface area contributed by atoms with Crippen molar-refractivity contribution in [3.8, 4) is 0 Å². The second kappa shape index (κ2) is 4.91. The summed E-state index contributed by atoms with van der Waals surface area (Å²) in [4.78, 5) is 11.7. The summed E-state index contributed by atoms with van der Waals surface area (Å²) in [6.45, 7) is 3.92. The van der Waals surface area contributed by atoms with Crippen LogP contribution >= 0.6 is 0 Å². The zero-order valence-corrected chi connectivity index (χ0v) is 8.73. The zero-order valence-electron chi connectivity index (χ0n) is 8.73. The molecule has 2 heteroatoms. The van der Waals surface area contributed by atoms with Gasteiger partial charge in [0.1, 0.15) is 0 Å². The molecule has 0 fully saturated rings. The molecule has 0 bridgehead atoms. The number of carbonyl (C=O) groups is 1.